The minimum atomic E-state index is 0.0856. The molecule has 1 aliphatic carbocycles. The Morgan fingerprint density at radius 2 is 2.25 bits per heavy atom. The summed E-state index contributed by atoms with van der Waals surface area (Å²) in [5.74, 6) is 2.38. The molecule has 0 spiro atoms. The molecule has 0 heterocycles. The van der Waals surface area contributed by atoms with E-state index in [1.807, 2.05) is 24.3 Å². The molecule has 2 nitrogen and oxygen atoms in total. The summed E-state index contributed by atoms with van der Waals surface area (Å²) in [5.41, 5.74) is 0.721. The van der Waals surface area contributed by atoms with Crippen LogP contribution in [0.15, 0.2) is 24.3 Å². The average Bonchev–Trinajstić information content (AvgIpc) is 2.27. The van der Waals surface area contributed by atoms with Crippen molar-refractivity contribution in [2.75, 3.05) is 6.61 Å². The Morgan fingerprint density at radius 3 is 2.81 bits per heavy atom. The highest BCUT2D eigenvalue weighted by Crippen LogP contribution is 2.33. The Hall–Kier alpha value is -1.31. The summed E-state index contributed by atoms with van der Waals surface area (Å²) >= 11 is 0. The molecular formula is C14H18O2. The van der Waals surface area contributed by atoms with Crippen LogP contribution in [0.1, 0.15) is 37.0 Å². The molecular weight excluding hydrogens is 200 g/mol. The monoisotopic (exact) mass is 218 g/mol. The summed E-state index contributed by atoms with van der Waals surface area (Å²) in [4.78, 5) is 11.2. The van der Waals surface area contributed by atoms with E-state index in [4.69, 9.17) is 4.74 Å². The van der Waals surface area contributed by atoms with E-state index in [9.17, 15) is 4.79 Å². The van der Waals surface area contributed by atoms with Crippen LogP contribution in [-0.2, 0) is 0 Å². The van der Waals surface area contributed by atoms with Crippen LogP contribution in [0.3, 0.4) is 0 Å². The fourth-order valence-corrected chi connectivity index (χ4v) is 1.99. The average molecular weight is 218 g/mol. The number of rotatable bonds is 4. The molecule has 0 aliphatic heterocycles. The topological polar surface area (TPSA) is 26.3 Å². The summed E-state index contributed by atoms with van der Waals surface area (Å²) in [5, 5.41) is 0. The highest BCUT2D eigenvalue weighted by molar-refractivity contribution is 5.94. The van der Waals surface area contributed by atoms with Gasteiger partial charge in [-0.2, -0.15) is 0 Å². The van der Waals surface area contributed by atoms with Gasteiger partial charge in [0.25, 0.3) is 0 Å². The van der Waals surface area contributed by atoms with E-state index >= 15 is 0 Å². The first-order valence-electron chi connectivity index (χ1n) is 5.90. The zero-order chi connectivity index (χ0) is 11.5. The fraction of sp³-hybridized carbons (Fsp3) is 0.500. The van der Waals surface area contributed by atoms with Crippen molar-refractivity contribution >= 4 is 5.78 Å². The highest BCUT2D eigenvalue weighted by atomic mass is 16.5. The van der Waals surface area contributed by atoms with Crippen LogP contribution in [-0.4, -0.2) is 12.4 Å². The number of Topliss-reactive ketones (excluding diaryl/α,β-unsaturated/α-hetero) is 1. The molecule has 1 aromatic carbocycles. The van der Waals surface area contributed by atoms with E-state index in [-0.39, 0.29) is 5.78 Å². The molecule has 16 heavy (non-hydrogen) atoms. The zero-order valence-electron chi connectivity index (χ0n) is 9.90. The van der Waals surface area contributed by atoms with Crippen molar-refractivity contribution in [3.05, 3.63) is 29.8 Å². The molecule has 0 bridgehead atoms. The highest BCUT2D eigenvalue weighted by Gasteiger charge is 2.27. The first-order valence-corrected chi connectivity index (χ1v) is 5.90. The minimum absolute atomic E-state index is 0.0856. The summed E-state index contributed by atoms with van der Waals surface area (Å²) in [7, 11) is 0. The summed E-state index contributed by atoms with van der Waals surface area (Å²) < 4.78 is 5.72. The van der Waals surface area contributed by atoms with Gasteiger partial charge in [-0.3, -0.25) is 4.79 Å². The van der Waals surface area contributed by atoms with Crippen LogP contribution >= 0.6 is 0 Å². The lowest BCUT2D eigenvalue weighted by atomic mass is 9.75. The summed E-state index contributed by atoms with van der Waals surface area (Å²) in [6.45, 7) is 4.62. The largest absolute Gasteiger partial charge is 0.493 e. The molecule has 2 heteroatoms. The van der Waals surface area contributed by atoms with Gasteiger partial charge in [-0.15, -0.1) is 0 Å². The van der Waals surface area contributed by atoms with Crippen molar-refractivity contribution in [3.8, 4) is 5.75 Å². The Balaban J connectivity index is 1.93. The maximum atomic E-state index is 11.2. The quantitative estimate of drug-likeness (QED) is 0.725. The Labute approximate surface area is 96.6 Å². The van der Waals surface area contributed by atoms with Gasteiger partial charge in [0, 0.05) is 5.56 Å². The van der Waals surface area contributed by atoms with Crippen LogP contribution in [0.2, 0.25) is 0 Å². The Kier molecular flexibility index (Phi) is 3.28. The minimum Gasteiger partial charge on any atom is -0.493 e. The first kappa shape index (κ1) is 11.2. The molecule has 1 fully saturated rings. The van der Waals surface area contributed by atoms with Gasteiger partial charge in [-0.1, -0.05) is 19.1 Å². The second-order valence-electron chi connectivity index (χ2n) is 4.71. The lowest BCUT2D eigenvalue weighted by molar-refractivity contribution is 0.101. The van der Waals surface area contributed by atoms with E-state index in [0.717, 1.165) is 23.8 Å². The van der Waals surface area contributed by atoms with Gasteiger partial charge in [0.2, 0.25) is 0 Å². The van der Waals surface area contributed by atoms with Crippen molar-refractivity contribution in [1.82, 2.24) is 0 Å². The fourth-order valence-electron chi connectivity index (χ4n) is 1.99. The van der Waals surface area contributed by atoms with E-state index < -0.39 is 0 Å². The van der Waals surface area contributed by atoms with Crippen molar-refractivity contribution in [3.63, 3.8) is 0 Å². The van der Waals surface area contributed by atoms with E-state index in [2.05, 4.69) is 6.92 Å². The Morgan fingerprint density at radius 1 is 1.44 bits per heavy atom. The maximum Gasteiger partial charge on any atom is 0.159 e. The molecule has 1 aromatic rings. The SMILES string of the molecule is CC(=O)c1cccc(OC[C@H]2CC[C@H]2C)c1. The number of carbonyl (C=O) groups is 1. The van der Waals surface area contributed by atoms with Crippen LogP contribution < -0.4 is 4.74 Å². The molecule has 0 radical (unpaired) electrons. The van der Waals surface area contributed by atoms with Gasteiger partial charge in [0.05, 0.1) is 6.61 Å². The zero-order valence-corrected chi connectivity index (χ0v) is 9.90. The van der Waals surface area contributed by atoms with Crippen LogP contribution in [0.5, 0.6) is 5.75 Å². The van der Waals surface area contributed by atoms with Crippen molar-refractivity contribution in [2.45, 2.75) is 26.7 Å². The second kappa shape index (κ2) is 4.69. The Bertz CT molecular complexity index is 384. The van der Waals surface area contributed by atoms with Crippen molar-refractivity contribution < 1.29 is 9.53 Å². The van der Waals surface area contributed by atoms with Gasteiger partial charge in [-0.25, -0.2) is 0 Å². The smallest absolute Gasteiger partial charge is 0.159 e. The van der Waals surface area contributed by atoms with Crippen LogP contribution in [0.4, 0.5) is 0 Å². The summed E-state index contributed by atoms with van der Waals surface area (Å²) in [6, 6.07) is 7.43. The lowest BCUT2D eigenvalue weighted by Crippen LogP contribution is -2.28. The number of hydrogen-bond donors (Lipinski definition) is 0. The third kappa shape index (κ3) is 2.43. The number of benzene rings is 1. The van der Waals surface area contributed by atoms with Gasteiger partial charge in [0.15, 0.2) is 5.78 Å². The number of ether oxygens (including phenoxy) is 1. The molecule has 0 amide bonds. The third-order valence-corrected chi connectivity index (χ3v) is 3.50. The predicted octanol–water partition coefficient (Wildman–Crippen LogP) is 3.31. The van der Waals surface area contributed by atoms with Crippen LogP contribution in [0, 0.1) is 11.8 Å². The van der Waals surface area contributed by atoms with E-state index in [1.165, 1.54) is 12.8 Å². The van der Waals surface area contributed by atoms with Gasteiger partial charge in [0.1, 0.15) is 5.75 Å². The van der Waals surface area contributed by atoms with Gasteiger partial charge >= 0.3 is 0 Å². The molecule has 86 valence electrons. The van der Waals surface area contributed by atoms with E-state index in [1.54, 1.807) is 6.92 Å². The normalized spacial score (nSPS) is 23.6. The number of hydrogen-bond acceptors (Lipinski definition) is 2. The molecule has 0 saturated heterocycles. The standard InChI is InChI=1S/C14H18O2/c1-10-6-7-13(10)9-16-14-5-3-4-12(8-14)11(2)15/h3-5,8,10,13H,6-7,9H2,1-2H3/t10-,13-/m1/s1. The van der Waals surface area contributed by atoms with Gasteiger partial charge in [-0.05, 0) is 43.7 Å². The molecule has 0 N–H and O–H groups in total. The van der Waals surface area contributed by atoms with Crippen molar-refractivity contribution in [2.24, 2.45) is 11.8 Å². The first-order chi connectivity index (χ1) is 7.66. The molecule has 1 saturated carbocycles. The third-order valence-electron chi connectivity index (χ3n) is 3.50. The second-order valence-corrected chi connectivity index (χ2v) is 4.71. The predicted molar refractivity (Wildman–Crippen MR) is 63.8 cm³/mol. The molecule has 2 atom stereocenters. The summed E-state index contributed by atoms with van der Waals surface area (Å²) in [6.07, 6.45) is 2.59. The van der Waals surface area contributed by atoms with Crippen LogP contribution in [0.25, 0.3) is 0 Å². The lowest BCUT2D eigenvalue weighted by Gasteiger charge is -2.33. The molecule has 0 aromatic heterocycles. The molecule has 0 unspecified atom stereocenters. The van der Waals surface area contributed by atoms with E-state index in [0.29, 0.717) is 5.92 Å². The number of carbonyl (C=O) groups excluding carboxylic acids is 1. The van der Waals surface area contributed by atoms with Gasteiger partial charge < -0.3 is 4.74 Å². The maximum absolute atomic E-state index is 11.2. The van der Waals surface area contributed by atoms with Crippen molar-refractivity contribution in [1.29, 1.82) is 0 Å². The molecule has 1 aliphatic rings. The molecule has 2 rings (SSSR count). The number of ketones is 1.